The first kappa shape index (κ1) is 9.70. The normalized spacial score (nSPS) is 26.5. The topological polar surface area (TPSA) is 49.3 Å². The third-order valence-corrected chi connectivity index (χ3v) is 4.10. The lowest BCUT2D eigenvalue weighted by atomic mass is 9.61. The van der Waals surface area contributed by atoms with Crippen molar-refractivity contribution in [2.45, 2.75) is 25.2 Å². The molecule has 0 unspecified atom stereocenters. The number of hydrogen-bond donors (Lipinski definition) is 2. The van der Waals surface area contributed by atoms with Gasteiger partial charge in [-0.2, -0.15) is 0 Å². The van der Waals surface area contributed by atoms with Crippen molar-refractivity contribution >= 4 is 5.91 Å². The Kier molecular flexibility index (Phi) is 1.96. The summed E-state index contributed by atoms with van der Waals surface area (Å²) in [5.74, 6) is 0.722. The molecule has 1 saturated heterocycles. The third kappa shape index (κ3) is 1.17. The highest BCUT2D eigenvalue weighted by Crippen LogP contribution is 2.54. The van der Waals surface area contributed by atoms with Crippen LogP contribution in [0.15, 0.2) is 24.3 Å². The smallest absolute Gasteiger partial charge is 0.226 e. The van der Waals surface area contributed by atoms with E-state index < -0.39 is 0 Å². The molecule has 3 rings (SSSR count). The summed E-state index contributed by atoms with van der Waals surface area (Å²) < 4.78 is 0. The summed E-state index contributed by atoms with van der Waals surface area (Å²) >= 11 is 0. The van der Waals surface area contributed by atoms with E-state index in [1.54, 1.807) is 12.1 Å². The van der Waals surface area contributed by atoms with E-state index >= 15 is 0 Å². The number of phenols is 1. The average Bonchev–Trinajstić information content (AvgIpc) is 2.55. The molecule has 0 aromatic heterocycles. The van der Waals surface area contributed by atoms with Crippen LogP contribution in [0.25, 0.3) is 0 Å². The molecule has 1 aromatic carbocycles. The molecule has 0 bridgehead atoms. The summed E-state index contributed by atoms with van der Waals surface area (Å²) in [6.07, 6.45) is 3.11. The van der Waals surface area contributed by atoms with E-state index in [-0.39, 0.29) is 23.0 Å². The van der Waals surface area contributed by atoms with Gasteiger partial charge in [0, 0.05) is 12.5 Å². The average molecular weight is 217 g/mol. The first-order valence-electron chi connectivity index (χ1n) is 5.80. The summed E-state index contributed by atoms with van der Waals surface area (Å²) in [5.41, 5.74) is 0.909. The molecule has 0 radical (unpaired) electrons. The highest BCUT2D eigenvalue weighted by molar-refractivity contribution is 5.87. The van der Waals surface area contributed by atoms with Gasteiger partial charge in [0.1, 0.15) is 5.75 Å². The molecule has 1 aliphatic heterocycles. The Morgan fingerprint density at radius 1 is 1.38 bits per heavy atom. The quantitative estimate of drug-likeness (QED) is 0.753. The standard InChI is InChI=1S/C13H15NO2/c15-10-4-1-3-9(7-10)11-8-14-12(16)13(11)5-2-6-13/h1,3-4,7,11,15H,2,5-6,8H2,(H,14,16)/t11-/m0/s1. The molecule has 1 atom stereocenters. The summed E-state index contributed by atoms with van der Waals surface area (Å²) in [6, 6.07) is 7.30. The highest BCUT2D eigenvalue weighted by Gasteiger charge is 2.54. The molecule has 1 spiro atoms. The van der Waals surface area contributed by atoms with Gasteiger partial charge >= 0.3 is 0 Å². The SMILES string of the molecule is O=C1NC[C@@H](c2cccc(O)c2)C12CCC2. The fraction of sp³-hybridized carbons (Fsp3) is 0.462. The summed E-state index contributed by atoms with van der Waals surface area (Å²) in [5, 5.41) is 12.5. The molecule has 1 aliphatic carbocycles. The molecule has 1 heterocycles. The van der Waals surface area contributed by atoms with Gasteiger partial charge in [0.05, 0.1) is 5.41 Å². The lowest BCUT2D eigenvalue weighted by Crippen LogP contribution is -2.40. The van der Waals surface area contributed by atoms with E-state index in [0.29, 0.717) is 6.54 Å². The lowest BCUT2D eigenvalue weighted by molar-refractivity contribution is -0.132. The largest absolute Gasteiger partial charge is 0.508 e. The number of nitrogens with one attached hydrogen (secondary N) is 1. The van der Waals surface area contributed by atoms with Gasteiger partial charge in [-0.1, -0.05) is 18.6 Å². The number of aromatic hydroxyl groups is 1. The Labute approximate surface area is 94.5 Å². The monoisotopic (exact) mass is 217 g/mol. The molecular weight excluding hydrogens is 202 g/mol. The summed E-state index contributed by atoms with van der Waals surface area (Å²) in [4.78, 5) is 11.9. The van der Waals surface area contributed by atoms with Crippen LogP contribution in [-0.4, -0.2) is 17.6 Å². The van der Waals surface area contributed by atoms with Crippen molar-refractivity contribution < 1.29 is 9.90 Å². The Morgan fingerprint density at radius 3 is 2.81 bits per heavy atom. The van der Waals surface area contributed by atoms with Gasteiger partial charge in [-0.15, -0.1) is 0 Å². The van der Waals surface area contributed by atoms with Gasteiger partial charge in [0.15, 0.2) is 0 Å². The second-order valence-corrected chi connectivity index (χ2v) is 4.87. The van der Waals surface area contributed by atoms with Crippen molar-refractivity contribution in [2.24, 2.45) is 5.41 Å². The molecule has 2 fully saturated rings. The van der Waals surface area contributed by atoms with Crippen molar-refractivity contribution in [2.75, 3.05) is 6.54 Å². The molecular formula is C13H15NO2. The first-order valence-corrected chi connectivity index (χ1v) is 5.80. The van der Waals surface area contributed by atoms with Crippen LogP contribution in [0.4, 0.5) is 0 Å². The van der Waals surface area contributed by atoms with Crippen LogP contribution < -0.4 is 5.32 Å². The molecule has 16 heavy (non-hydrogen) atoms. The third-order valence-electron chi connectivity index (χ3n) is 4.10. The predicted molar refractivity (Wildman–Crippen MR) is 60.1 cm³/mol. The van der Waals surface area contributed by atoms with E-state index in [4.69, 9.17) is 0 Å². The number of carbonyl (C=O) groups excluding carboxylic acids is 1. The Hall–Kier alpha value is -1.51. The second-order valence-electron chi connectivity index (χ2n) is 4.87. The number of rotatable bonds is 1. The van der Waals surface area contributed by atoms with Crippen LogP contribution in [0, 0.1) is 5.41 Å². The fourth-order valence-corrected chi connectivity index (χ4v) is 3.04. The van der Waals surface area contributed by atoms with Gasteiger partial charge < -0.3 is 10.4 Å². The zero-order chi connectivity index (χ0) is 11.2. The van der Waals surface area contributed by atoms with Crippen LogP contribution in [0.5, 0.6) is 5.75 Å². The van der Waals surface area contributed by atoms with Gasteiger partial charge in [0.2, 0.25) is 5.91 Å². The van der Waals surface area contributed by atoms with Crippen LogP contribution in [0.1, 0.15) is 30.7 Å². The molecule has 1 aromatic rings. The van der Waals surface area contributed by atoms with Crippen LogP contribution in [-0.2, 0) is 4.79 Å². The summed E-state index contributed by atoms with van der Waals surface area (Å²) in [6.45, 7) is 0.711. The van der Waals surface area contributed by atoms with Gasteiger partial charge in [0.25, 0.3) is 0 Å². The maximum atomic E-state index is 11.9. The lowest BCUT2D eigenvalue weighted by Gasteiger charge is -2.40. The molecule has 1 amide bonds. The summed E-state index contributed by atoms with van der Waals surface area (Å²) in [7, 11) is 0. The minimum atomic E-state index is -0.173. The zero-order valence-electron chi connectivity index (χ0n) is 9.07. The molecule has 2 aliphatic rings. The number of hydrogen-bond acceptors (Lipinski definition) is 2. The van der Waals surface area contributed by atoms with Gasteiger partial charge in [-0.25, -0.2) is 0 Å². The fourth-order valence-electron chi connectivity index (χ4n) is 3.04. The first-order chi connectivity index (χ1) is 7.72. The van der Waals surface area contributed by atoms with Gasteiger partial charge in [-0.3, -0.25) is 4.79 Å². The molecule has 84 valence electrons. The number of amides is 1. The van der Waals surface area contributed by atoms with E-state index in [9.17, 15) is 9.90 Å². The molecule has 2 N–H and O–H groups in total. The predicted octanol–water partition coefficient (Wildman–Crippen LogP) is 1.78. The van der Waals surface area contributed by atoms with E-state index in [1.807, 2.05) is 12.1 Å². The van der Waals surface area contributed by atoms with E-state index in [2.05, 4.69) is 5.32 Å². The minimum absolute atomic E-state index is 0.173. The van der Waals surface area contributed by atoms with Crippen LogP contribution in [0.3, 0.4) is 0 Å². The maximum absolute atomic E-state index is 11.9. The Bertz CT molecular complexity index is 437. The van der Waals surface area contributed by atoms with E-state index in [0.717, 1.165) is 24.8 Å². The van der Waals surface area contributed by atoms with Crippen molar-refractivity contribution in [1.82, 2.24) is 5.32 Å². The highest BCUT2D eigenvalue weighted by atomic mass is 16.3. The Balaban J connectivity index is 1.98. The number of phenolic OH excluding ortho intramolecular Hbond substituents is 1. The van der Waals surface area contributed by atoms with Crippen LogP contribution >= 0.6 is 0 Å². The number of carbonyl (C=O) groups is 1. The van der Waals surface area contributed by atoms with Crippen molar-refractivity contribution in [1.29, 1.82) is 0 Å². The van der Waals surface area contributed by atoms with Crippen molar-refractivity contribution in [3.8, 4) is 5.75 Å². The van der Waals surface area contributed by atoms with Gasteiger partial charge in [-0.05, 0) is 30.5 Å². The molecule has 3 nitrogen and oxygen atoms in total. The second kappa shape index (κ2) is 3.24. The maximum Gasteiger partial charge on any atom is 0.226 e. The van der Waals surface area contributed by atoms with Crippen molar-refractivity contribution in [3.63, 3.8) is 0 Å². The minimum Gasteiger partial charge on any atom is -0.508 e. The Morgan fingerprint density at radius 2 is 2.19 bits per heavy atom. The number of benzene rings is 1. The molecule has 3 heteroatoms. The van der Waals surface area contributed by atoms with Crippen LogP contribution in [0.2, 0.25) is 0 Å². The van der Waals surface area contributed by atoms with E-state index in [1.165, 1.54) is 0 Å². The zero-order valence-corrected chi connectivity index (χ0v) is 9.07. The molecule has 1 saturated carbocycles. The van der Waals surface area contributed by atoms with Crippen molar-refractivity contribution in [3.05, 3.63) is 29.8 Å².